The van der Waals surface area contributed by atoms with E-state index in [1.165, 1.54) is 16.4 Å². The third-order valence-electron chi connectivity index (χ3n) is 4.36. The second-order valence-corrected chi connectivity index (χ2v) is 8.48. The van der Waals surface area contributed by atoms with E-state index in [1.54, 1.807) is 6.92 Å². The minimum Gasteiger partial charge on any atom is -0.378 e. The number of nitrogens with zero attached hydrogens (tertiary/aromatic N) is 6. The summed E-state index contributed by atoms with van der Waals surface area (Å²) in [7, 11) is 0. The number of benzene rings is 2. The molecule has 4 aromatic rings. The highest BCUT2D eigenvalue weighted by molar-refractivity contribution is 9.10. The minimum atomic E-state index is -0.510. The van der Waals surface area contributed by atoms with E-state index in [-0.39, 0.29) is 17.3 Å². The molecular weight excluding hydrogens is 496 g/mol. The number of nitrogens with two attached hydrogens (primary N) is 1. The van der Waals surface area contributed by atoms with Crippen molar-refractivity contribution in [3.63, 3.8) is 0 Å². The summed E-state index contributed by atoms with van der Waals surface area (Å²) in [6, 6.07) is 17.3. The monoisotopic (exact) mass is 512 g/mol. The van der Waals surface area contributed by atoms with Gasteiger partial charge in [0.25, 0.3) is 5.91 Å². The molecule has 0 fully saturated rings. The summed E-state index contributed by atoms with van der Waals surface area (Å²) in [6.07, 6.45) is 0. The first-order valence-electron chi connectivity index (χ1n) is 9.34. The Hall–Kier alpha value is -3.51. The lowest BCUT2D eigenvalue weighted by molar-refractivity contribution is 0.0949. The number of thioether (sulfide) groups is 1. The molecule has 0 unspecified atom stereocenters. The Kier molecular flexibility index (Phi) is 6.61. The van der Waals surface area contributed by atoms with Crippen molar-refractivity contribution in [2.75, 3.05) is 5.73 Å². The topological polar surface area (TPSA) is 137 Å². The van der Waals surface area contributed by atoms with Crippen molar-refractivity contribution in [2.45, 2.75) is 17.6 Å². The van der Waals surface area contributed by atoms with Crippen LogP contribution in [0.1, 0.15) is 28.7 Å². The highest BCUT2D eigenvalue weighted by atomic mass is 79.9. The maximum Gasteiger partial charge on any atom is 0.293 e. The van der Waals surface area contributed by atoms with E-state index in [0.29, 0.717) is 17.2 Å². The maximum absolute atomic E-state index is 12.9. The van der Waals surface area contributed by atoms with E-state index >= 15 is 0 Å². The zero-order valence-corrected chi connectivity index (χ0v) is 19.2. The SMILES string of the molecule is C/C(=N/NC(=O)c1nnn(-c2nonc2N)c1CSc1ccccc1)c1cccc(Br)c1. The molecule has 3 N–H and O–H groups in total. The summed E-state index contributed by atoms with van der Waals surface area (Å²) in [5, 5.41) is 19.6. The van der Waals surface area contributed by atoms with E-state index in [2.05, 4.69) is 51.7 Å². The summed E-state index contributed by atoms with van der Waals surface area (Å²) in [4.78, 5) is 13.9. The first-order chi connectivity index (χ1) is 15.5. The van der Waals surface area contributed by atoms with Gasteiger partial charge in [-0.25, -0.2) is 10.1 Å². The number of nitrogens with one attached hydrogen (secondary N) is 1. The molecule has 2 aromatic carbocycles. The van der Waals surface area contributed by atoms with Crippen molar-refractivity contribution in [1.29, 1.82) is 0 Å². The van der Waals surface area contributed by atoms with Crippen LogP contribution >= 0.6 is 27.7 Å². The van der Waals surface area contributed by atoms with Crippen LogP contribution in [0.5, 0.6) is 0 Å². The number of anilines is 1. The predicted octanol–water partition coefficient (Wildman–Crippen LogP) is 3.44. The Balaban J connectivity index is 1.61. The number of nitrogen functional groups attached to an aromatic ring is 1. The molecule has 0 aliphatic carbocycles. The Morgan fingerprint density at radius 3 is 2.75 bits per heavy atom. The first-order valence-corrected chi connectivity index (χ1v) is 11.1. The molecule has 1 amide bonds. The Bertz CT molecular complexity index is 1270. The van der Waals surface area contributed by atoms with Gasteiger partial charge in [-0.3, -0.25) is 4.79 Å². The molecule has 2 aromatic heterocycles. The minimum absolute atomic E-state index is 0.0383. The standard InChI is InChI=1S/C20H17BrN8O2S/c1-12(13-6-5-7-14(21)10-13)23-25-20(30)17-16(11-32-15-8-3-2-4-9-15)29(28-24-17)19-18(22)26-31-27-19/h2-10H,11H2,1H3,(H2,22,26)(H,25,30)/b23-12-. The van der Waals surface area contributed by atoms with Crippen molar-refractivity contribution in [3.05, 3.63) is 76.0 Å². The number of carbonyl (C=O) groups excluding carboxylic acids is 1. The van der Waals surface area contributed by atoms with Gasteiger partial charge < -0.3 is 5.73 Å². The number of hydrogen-bond acceptors (Lipinski definition) is 9. The van der Waals surface area contributed by atoms with Crippen LogP contribution in [0.4, 0.5) is 5.82 Å². The number of hydrazone groups is 1. The lowest BCUT2D eigenvalue weighted by atomic mass is 10.1. The highest BCUT2D eigenvalue weighted by Gasteiger charge is 2.24. The summed E-state index contributed by atoms with van der Waals surface area (Å²) in [5.41, 5.74) is 10.4. The van der Waals surface area contributed by atoms with Crippen molar-refractivity contribution in [1.82, 2.24) is 30.7 Å². The van der Waals surface area contributed by atoms with Crippen LogP contribution < -0.4 is 11.2 Å². The van der Waals surface area contributed by atoms with Crippen LogP contribution in [0.15, 0.2) is 73.7 Å². The molecular formula is C20H17BrN8O2S. The number of hydrogen-bond donors (Lipinski definition) is 2. The average molecular weight is 513 g/mol. The van der Waals surface area contributed by atoms with Crippen LogP contribution in [0, 0.1) is 0 Å². The Labute approximate surface area is 195 Å². The fourth-order valence-corrected chi connectivity index (χ4v) is 4.06. The zero-order chi connectivity index (χ0) is 22.5. The van der Waals surface area contributed by atoms with E-state index in [1.807, 2.05) is 54.6 Å². The smallest absolute Gasteiger partial charge is 0.293 e. The van der Waals surface area contributed by atoms with Gasteiger partial charge in [0.1, 0.15) is 0 Å². The number of amides is 1. The largest absolute Gasteiger partial charge is 0.378 e. The lowest BCUT2D eigenvalue weighted by Crippen LogP contribution is -2.21. The zero-order valence-electron chi connectivity index (χ0n) is 16.8. The molecule has 0 atom stereocenters. The van der Waals surface area contributed by atoms with Crippen molar-refractivity contribution in [3.8, 4) is 5.82 Å². The molecule has 0 spiro atoms. The molecule has 0 bridgehead atoms. The maximum atomic E-state index is 12.9. The van der Waals surface area contributed by atoms with Gasteiger partial charge in [-0.2, -0.15) is 9.78 Å². The summed E-state index contributed by atoms with van der Waals surface area (Å²) < 4.78 is 6.94. The lowest BCUT2D eigenvalue weighted by Gasteiger charge is -2.06. The second kappa shape index (κ2) is 9.75. The quantitative estimate of drug-likeness (QED) is 0.218. The van der Waals surface area contributed by atoms with Crippen LogP contribution in [0.3, 0.4) is 0 Å². The molecule has 2 heterocycles. The van der Waals surface area contributed by atoms with Gasteiger partial charge in [0.2, 0.25) is 11.6 Å². The van der Waals surface area contributed by atoms with Gasteiger partial charge in [0.15, 0.2) is 5.69 Å². The molecule has 0 radical (unpaired) electrons. The van der Waals surface area contributed by atoms with Crippen molar-refractivity contribution in [2.24, 2.45) is 5.10 Å². The predicted molar refractivity (Wildman–Crippen MR) is 123 cm³/mol. The number of rotatable bonds is 7. The number of aromatic nitrogens is 5. The molecule has 12 heteroatoms. The third-order valence-corrected chi connectivity index (χ3v) is 5.88. The van der Waals surface area contributed by atoms with Crippen molar-refractivity contribution >= 4 is 45.1 Å². The normalized spacial score (nSPS) is 11.5. The van der Waals surface area contributed by atoms with Crippen LogP contribution in [0.2, 0.25) is 0 Å². The van der Waals surface area contributed by atoms with E-state index < -0.39 is 5.91 Å². The Morgan fingerprint density at radius 1 is 1.22 bits per heavy atom. The fourth-order valence-electron chi connectivity index (χ4n) is 2.75. The Morgan fingerprint density at radius 2 is 2.03 bits per heavy atom. The molecule has 162 valence electrons. The molecule has 0 aliphatic heterocycles. The summed E-state index contributed by atoms with van der Waals surface area (Å²) in [6.45, 7) is 1.80. The summed E-state index contributed by atoms with van der Waals surface area (Å²) >= 11 is 4.93. The van der Waals surface area contributed by atoms with Gasteiger partial charge in [-0.05, 0) is 47.1 Å². The number of halogens is 1. The first kappa shape index (κ1) is 21.7. The van der Waals surface area contributed by atoms with Crippen LogP contribution in [-0.2, 0) is 5.75 Å². The van der Waals surface area contributed by atoms with Gasteiger partial charge >= 0.3 is 0 Å². The van der Waals surface area contributed by atoms with E-state index in [4.69, 9.17) is 5.73 Å². The molecule has 0 saturated heterocycles. The van der Waals surface area contributed by atoms with Gasteiger partial charge in [-0.15, -0.1) is 16.9 Å². The van der Waals surface area contributed by atoms with Gasteiger partial charge in [0.05, 0.1) is 11.4 Å². The van der Waals surface area contributed by atoms with Gasteiger partial charge in [-0.1, -0.05) is 51.5 Å². The van der Waals surface area contributed by atoms with Gasteiger partial charge in [0, 0.05) is 15.1 Å². The highest BCUT2D eigenvalue weighted by Crippen LogP contribution is 2.25. The number of carbonyl (C=O) groups is 1. The second-order valence-electron chi connectivity index (χ2n) is 6.52. The third kappa shape index (κ3) is 4.86. The average Bonchev–Trinajstić information content (AvgIpc) is 3.42. The van der Waals surface area contributed by atoms with Crippen LogP contribution in [-0.4, -0.2) is 36.9 Å². The fraction of sp³-hybridized carbons (Fsp3) is 0.100. The molecule has 32 heavy (non-hydrogen) atoms. The van der Waals surface area contributed by atoms with E-state index in [0.717, 1.165) is 14.9 Å². The van der Waals surface area contributed by atoms with Crippen molar-refractivity contribution < 1.29 is 9.42 Å². The molecule has 4 rings (SSSR count). The molecule has 0 saturated carbocycles. The molecule has 0 aliphatic rings. The van der Waals surface area contributed by atoms with Crippen LogP contribution in [0.25, 0.3) is 5.82 Å². The molecule has 10 nitrogen and oxygen atoms in total. The van der Waals surface area contributed by atoms with E-state index in [9.17, 15) is 4.79 Å². The summed E-state index contributed by atoms with van der Waals surface area (Å²) in [5.74, 6) is 0.0649.